The average Bonchev–Trinajstić information content (AvgIpc) is 3.45. The van der Waals surface area contributed by atoms with Crippen molar-refractivity contribution in [1.82, 2.24) is 20.1 Å². The molecule has 4 rings (SSSR count). The van der Waals surface area contributed by atoms with E-state index < -0.39 is 0 Å². The number of amides is 1. The fraction of sp³-hybridized carbons (Fsp3) is 0.136. The average molecular weight is 388 g/mol. The van der Waals surface area contributed by atoms with E-state index in [1.807, 2.05) is 61.5 Å². The summed E-state index contributed by atoms with van der Waals surface area (Å²) in [6, 6.07) is 18.8. The third-order valence-electron chi connectivity index (χ3n) is 4.51. The highest BCUT2D eigenvalue weighted by molar-refractivity contribution is 5.93. The number of carbonyl (C=O) groups is 1. The number of rotatable bonds is 7. The maximum atomic E-state index is 12.7. The van der Waals surface area contributed by atoms with Crippen molar-refractivity contribution in [3.05, 3.63) is 96.5 Å². The number of nitrogens with one attached hydrogen (secondary N) is 1. The molecule has 0 bridgehead atoms. The minimum absolute atomic E-state index is 0.194. The lowest BCUT2D eigenvalue weighted by Gasteiger charge is -2.15. The first-order valence-corrected chi connectivity index (χ1v) is 9.21. The number of aromatic nitrogens is 3. The van der Waals surface area contributed by atoms with Crippen LogP contribution in [0.15, 0.2) is 84.0 Å². The largest absolute Gasteiger partial charge is 0.489 e. The van der Waals surface area contributed by atoms with E-state index in [4.69, 9.17) is 9.15 Å². The number of furan rings is 1. The van der Waals surface area contributed by atoms with Crippen LogP contribution in [0, 0.1) is 0 Å². The van der Waals surface area contributed by atoms with Gasteiger partial charge in [-0.1, -0.05) is 30.3 Å². The first-order chi connectivity index (χ1) is 14.2. The number of hydrogen-bond acceptors (Lipinski definition) is 5. The molecule has 7 heteroatoms. The van der Waals surface area contributed by atoms with E-state index in [-0.39, 0.29) is 24.3 Å². The molecule has 1 amide bonds. The van der Waals surface area contributed by atoms with Gasteiger partial charge in [0.25, 0.3) is 5.91 Å². The molecule has 0 fully saturated rings. The van der Waals surface area contributed by atoms with Crippen LogP contribution in [0.2, 0.25) is 0 Å². The van der Waals surface area contributed by atoms with Gasteiger partial charge in [0.05, 0.1) is 18.0 Å². The van der Waals surface area contributed by atoms with Gasteiger partial charge in [0.2, 0.25) is 0 Å². The molecule has 1 atom stereocenters. The van der Waals surface area contributed by atoms with Gasteiger partial charge in [-0.05, 0) is 42.8 Å². The van der Waals surface area contributed by atoms with Gasteiger partial charge in [0.15, 0.2) is 5.76 Å². The predicted molar refractivity (Wildman–Crippen MR) is 107 cm³/mol. The summed E-state index contributed by atoms with van der Waals surface area (Å²) >= 11 is 0. The molecule has 2 aromatic carbocycles. The zero-order chi connectivity index (χ0) is 20.1. The Bertz CT molecular complexity index is 1060. The molecule has 7 nitrogen and oxygen atoms in total. The predicted octanol–water partition coefficient (Wildman–Crippen LogP) is 3.93. The molecule has 0 aliphatic rings. The first kappa shape index (κ1) is 18.5. The van der Waals surface area contributed by atoms with Gasteiger partial charge < -0.3 is 14.5 Å². The molecule has 4 aromatic rings. The minimum atomic E-state index is -0.283. The van der Waals surface area contributed by atoms with E-state index in [2.05, 4.69) is 15.4 Å². The van der Waals surface area contributed by atoms with E-state index >= 15 is 0 Å². The van der Waals surface area contributed by atoms with Crippen molar-refractivity contribution < 1.29 is 13.9 Å². The van der Waals surface area contributed by atoms with E-state index in [0.29, 0.717) is 5.56 Å². The number of nitrogens with zero attached hydrogens (tertiary/aromatic N) is 3. The van der Waals surface area contributed by atoms with Gasteiger partial charge in [-0.2, -0.15) is 5.10 Å². The minimum Gasteiger partial charge on any atom is -0.489 e. The molecular formula is C22H20N4O3. The summed E-state index contributed by atoms with van der Waals surface area (Å²) in [5.41, 5.74) is 2.56. The van der Waals surface area contributed by atoms with E-state index in [1.54, 1.807) is 17.1 Å². The van der Waals surface area contributed by atoms with Gasteiger partial charge in [-0.25, -0.2) is 9.67 Å². The summed E-state index contributed by atoms with van der Waals surface area (Å²) in [7, 11) is 0. The zero-order valence-electron chi connectivity index (χ0n) is 15.9. The Balaban J connectivity index is 1.39. The van der Waals surface area contributed by atoms with Crippen LogP contribution in [0.4, 0.5) is 0 Å². The molecule has 0 aliphatic heterocycles. The van der Waals surface area contributed by atoms with Crippen molar-refractivity contribution in [3.8, 4) is 11.4 Å². The van der Waals surface area contributed by atoms with Crippen LogP contribution in [0.25, 0.3) is 5.69 Å². The Morgan fingerprint density at radius 3 is 2.66 bits per heavy atom. The van der Waals surface area contributed by atoms with Gasteiger partial charge in [0, 0.05) is 5.56 Å². The van der Waals surface area contributed by atoms with E-state index in [9.17, 15) is 4.79 Å². The van der Waals surface area contributed by atoms with Crippen LogP contribution in [-0.2, 0) is 6.61 Å². The number of ether oxygens (including phenoxy) is 1. The van der Waals surface area contributed by atoms with Crippen LogP contribution in [-0.4, -0.2) is 20.7 Å². The van der Waals surface area contributed by atoms with Crippen molar-refractivity contribution in [1.29, 1.82) is 0 Å². The molecule has 0 saturated heterocycles. The molecule has 29 heavy (non-hydrogen) atoms. The van der Waals surface area contributed by atoms with Crippen LogP contribution in [0.3, 0.4) is 0 Å². The highest BCUT2D eigenvalue weighted by atomic mass is 16.5. The first-order valence-electron chi connectivity index (χ1n) is 9.21. The van der Waals surface area contributed by atoms with Gasteiger partial charge in [-0.3, -0.25) is 4.79 Å². The lowest BCUT2D eigenvalue weighted by molar-refractivity contribution is 0.0908. The smallest absolute Gasteiger partial charge is 0.287 e. The molecule has 0 aliphatic carbocycles. The van der Waals surface area contributed by atoms with Gasteiger partial charge in [-0.15, -0.1) is 0 Å². The monoisotopic (exact) mass is 388 g/mol. The highest BCUT2D eigenvalue weighted by Crippen LogP contribution is 2.19. The summed E-state index contributed by atoms with van der Waals surface area (Å²) in [6.07, 6.45) is 4.62. The highest BCUT2D eigenvalue weighted by Gasteiger charge is 2.18. The molecule has 1 unspecified atom stereocenters. The Morgan fingerprint density at radius 1 is 1.14 bits per heavy atom. The van der Waals surface area contributed by atoms with Gasteiger partial charge >= 0.3 is 0 Å². The van der Waals surface area contributed by atoms with Crippen molar-refractivity contribution in [3.63, 3.8) is 0 Å². The second-order valence-corrected chi connectivity index (χ2v) is 6.50. The summed E-state index contributed by atoms with van der Waals surface area (Å²) in [5.74, 6) is 0.711. The normalized spacial score (nSPS) is 11.8. The Kier molecular flexibility index (Phi) is 5.38. The molecule has 1 N–H and O–H groups in total. The lowest BCUT2D eigenvalue weighted by Crippen LogP contribution is -2.27. The number of hydrogen-bond donors (Lipinski definition) is 1. The van der Waals surface area contributed by atoms with Crippen LogP contribution in [0.1, 0.15) is 34.6 Å². The molecule has 2 aromatic heterocycles. The number of para-hydroxylation sites is 1. The van der Waals surface area contributed by atoms with Crippen LogP contribution >= 0.6 is 0 Å². The molecule has 146 valence electrons. The van der Waals surface area contributed by atoms with E-state index in [1.165, 1.54) is 12.6 Å². The second-order valence-electron chi connectivity index (χ2n) is 6.50. The summed E-state index contributed by atoms with van der Waals surface area (Å²) < 4.78 is 12.8. The quantitative estimate of drug-likeness (QED) is 0.519. The van der Waals surface area contributed by atoms with E-state index in [0.717, 1.165) is 17.0 Å². The summed E-state index contributed by atoms with van der Waals surface area (Å²) in [5, 5.41) is 7.07. The van der Waals surface area contributed by atoms with Crippen LogP contribution < -0.4 is 10.1 Å². The Labute approximate surface area is 168 Å². The van der Waals surface area contributed by atoms with Crippen molar-refractivity contribution in [2.75, 3.05) is 0 Å². The van der Waals surface area contributed by atoms with Crippen molar-refractivity contribution in [2.45, 2.75) is 19.6 Å². The maximum absolute atomic E-state index is 12.7. The van der Waals surface area contributed by atoms with Crippen molar-refractivity contribution >= 4 is 5.91 Å². The summed E-state index contributed by atoms with van der Waals surface area (Å²) in [6.45, 7) is 2.18. The Morgan fingerprint density at radius 2 is 1.93 bits per heavy atom. The molecule has 0 saturated carbocycles. The molecule has 2 heterocycles. The lowest BCUT2D eigenvalue weighted by atomic mass is 10.1. The fourth-order valence-corrected chi connectivity index (χ4v) is 2.93. The maximum Gasteiger partial charge on any atom is 0.287 e. The fourth-order valence-electron chi connectivity index (χ4n) is 2.93. The topological polar surface area (TPSA) is 82.2 Å². The third-order valence-corrected chi connectivity index (χ3v) is 4.51. The van der Waals surface area contributed by atoms with Gasteiger partial charge in [0.1, 0.15) is 25.0 Å². The standard InChI is InChI=1S/C22H20N4O3/c1-16(17-7-9-19(10-8-17)26-15-23-14-24-26)25-22(27)21-18(11-12-28-21)13-29-20-5-3-2-4-6-20/h2-12,14-16H,13H2,1H3,(H,25,27). The summed E-state index contributed by atoms with van der Waals surface area (Å²) in [4.78, 5) is 16.6. The zero-order valence-corrected chi connectivity index (χ0v) is 15.9. The number of carbonyl (C=O) groups excluding carboxylic acids is 1. The SMILES string of the molecule is CC(NC(=O)c1occc1COc1ccccc1)c1ccc(-n2cncn2)cc1. The Hall–Kier alpha value is -3.87. The number of benzene rings is 2. The third kappa shape index (κ3) is 4.35. The molecule has 0 spiro atoms. The molecular weight excluding hydrogens is 368 g/mol. The molecule has 0 radical (unpaired) electrons. The van der Waals surface area contributed by atoms with Crippen LogP contribution in [0.5, 0.6) is 5.75 Å². The van der Waals surface area contributed by atoms with Crippen molar-refractivity contribution in [2.24, 2.45) is 0 Å². The second kappa shape index (κ2) is 8.43.